The van der Waals surface area contributed by atoms with Gasteiger partial charge in [0.2, 0.25) is 11.8 Å². The van der Waals surface area contributed by atoms with Crippen LogP contribution in [0.1, 0.15) is 33.1 Å². The molecule has 1 aromatic rings. The minimum atomic E-state index is -1.19. The molecule has 2 rings (SSSR count). The lowest BCUT2D eigenvalue weighted by Crippen LogP contribution is -2.40. The van der Waals surface area contributed by atoms with Crippen LogP contribution in [0, 0.1) is 5.41 Å². The van der Waals surface area contributed by atoms with Crippen LogP contribution in [0.4, 0.5) is 5.69 Å². The second-order valence-electron chi connectivity index (χ2n) is 5.30. The largest absolute Gasteiger partial charge is 0.497 e. The predicted molar refractivity (Wildman–Crippen MR) is 78.1 cm³/mol. The Bertz CT molecular complexity index is 578. The van der Waals surface area contributed by atoms with E-state index in [0.717, 1.165) is 4.90 Å². The van der Waals surface area contributed by atoms with Crippen LogP contribution in [-0.4, -0.2) is 24.7 Å². The first-order valence-electron chi connectivity index (χ1n) is 6.98. The first-order valence-corrected chi connectivity index (χ1v) is 6.98. The molecule has 0 radical (unpaired) electrons. The van der Waals surface area contributed by atoms with Gasteiger partial charge in [-0.1, -0.05) is 13.3 Å². The zero-order valence-corrected chi connectivity index (χ0v) is 12.5. The molecule has 1 atom stereocenters. The van der Waals surface area contributed by atoms with E-state index in [-0.39, 0.29) is 18.1 Å². The molecular weight excluding hydrogens is 270 g/mol. The summed E-state index contributed by atoms with van der Waals surface area (Å²) in [6.07, 6.45) is 1.04. The maximum atomic E-state index is 12.7. The highest BCUT2D eigenvalue weighted by molar-refractivity contribution is 6.29. The fourth-order valence-corrected chi connectivity index (χ4v) is 2.81. The Hall–Kier alpha value is -2.17. The van der Waals surface area contributed by atoms with Gasteiger partial charge >= 0.3 is 0 Å². The molecule has 0 bridgehead atoms. The van der Waals surface area contributed by atoms with Crippen LogP contribution in [0.25, 0.3) is 0 Å². The number of amides is 2. The number of Topliss-reactive ketones (excluding diaryl/α,β-unsaturated/α-hetero) is 1. The van der Waals surface area contributed by atoms with Gasteiger partial charge in [-0.15, -0.1) is 0 Å². The van der Waals surface area contributed by atoms with Crippen LogP contribution in [0.5, 0.6) is 5.75 Å². The maximum Gasteiger partial charge on any atom is 0.247 e. The van der Waals surface area contributed by atoms with Crippen molar-refractivity contribution in [1.82, 2.24) is 0 Å². The summed E-state index contributed by atoms with van der Waals surface area (Å²) in [4.78, 5) is 38.0. The van der Waals surface area contributed by atoms with E-state index >= 15 is 0 Å². The van der Waals surface area contributed by atoms with Gasteiger partial charge in [-0.2, -0.15) is 0 Å². The molecule has 0 aliphatic carbocycles. The van der Waals surface area contributed by atoms with Gasteiger partial charge in [0.25, 0.3) is 0 Å². The molecule has 0 N–H and O–H groups in total. The zero-order valence-electron chi connectivity index (χ0n) is 12.5. The van der Waals surface area contributed by atoms with Crippen LogP contribution in [0.2, 0.25) is 0 Å². The van der Waals surface area contributed by atoms with Crippen molar-refractivity contribution in [3.8, 4) is 5.75 Å². The van der Waals surface area contributed by atoms with E-state index < -0.39 is 11.3 Å². The predicted octanol–water partition coefficient (Wildman–Crippen LogP) is 2.33. The zero-order chi connectivity index (χ0) is 15.6. The quantitative estimate of drug-likeness (QED) is 0.616. The number of methoxy groups -OCH3 is 1. The number of benzene rings is 1. The third kappa shape index (κ3) is 2.44. The average molecular weight is 289 g/mol. The second kappa shape index (κ2) is 5.68. The number of ether oxygens (including phenoxy) is 1. The lowest BCUT2D eigenvalue weighted by atomic mass is 9.78. The number of ketones is 1. The van der Waals surface area contributed by atoms with Crippen molar-refractivity contribution in [2.45, 2.75) is 33.1 Å². The molecule has 1 aromatic carbocycles. The molecule has 112 valence electrons. The number of nitrogens with zero attached hydrogens (tertiary/aromatic N) is 1. The van der Waals surface area contributed by atoms with Crippen molar-refractivity contribution in [1.29, 1.82) is 0 Å². The van der Waals surface area contributed by atoms with Gasteiger partial charge in [-0.3, -0.25) is 14.4 Å². The summed E-state index contributed by atoms with van der Waals surface area (Å²) in [5.41, 5.74) is -0.712. The first kappa shape index (κ1) is 15.2. The van der Waals surface area contributed by atoms with Crippen molar-refractivity contribution < 1.29 is 19.1 Å². The van der Waals surface area contributed by atoms with Crippen LogP contribution in [-0.2, 0) is 14.4 Å². The standard InChI is InChI=1S/C16H19NO4/c1-4-9-16(11(2)18)10-14(19)17(15(16)20)12-5-7-13(21-3)8-6-12/h5-8H,4,9-10H2,1-3H3. The number of imide groups is 1. The first-order chi connectivity index (χ1) is 9.96. The topological polar surface area (TPSA) is 63.7 Å². The lowest BCUT2D eigenvalue weighted by Gasteiger charge is -2.23. The van der Waals surface area contributed by atoms with Gasteiger partial charge in [0.1, 0.15) is 16.9 Å². The molecule has 0 aromatic heterocycles. The molecule has 0 saturated carbocycles. The van der Waals surface area contributed by atoms with Crippen LogP contribution in [0.15, 0.2) is 24.3 Å². The Morgan fingerprint density at radius 1 is 1.29 bits per heavy atom. The smallest absolute Gasteiger partial charge is 0.247 e. The normalized spacial score (nSPS) is 21.8. The highest BCUT2D eigenvalue weighted by Gasteiger charge is 2.54. The molecule has 1 aliphatic heterocycles. The van der Waals surface area contributed by atoms with E-state index in [2.05, 4.69) is 0 Å². The van der Waals surface area contributed by atoms with E-state index in [0.29, 0.717) is 24.3 Å². The van der Waals surface area contributed by atoms with Crippen molar-refractivity contribution >= 4 is 23.3 Å². The molecule has 1 heterocycles. The summed E-state index contributed by atoms with van der Waals surface area (Å²) in [5, 5.41) is 0. The average Bonchev–Trinajstić information content (AvgIpc) is 2.72. The summed E-state index contributed by atoms with van der Waals surface area (Å²) in [6, 6.07) is 6.67. The van der Waals surface area contributed by atoms with E-state index in [1.165, 1.54) is 6.92 Å². The minimum absolute atomic E-state index is 0.0406. The van der Waals surface area contributed by atoms with Crippen LogP contribution in [0.3, 0.4) is 0 Å². The Morgan fingerprint density at radius 2 is 1.90 bits per heavy atom. The van der Waals surface area contributed by atoms with E-state index in [4.69, 9.17) is 4.74 Å². The van der Waals surface area contributed by atoms with Crippen molar-refractivity contribution in [2.24, 2.45) is 5.41 Å². The number of hydrogen-bond donors (Lipinski definition) is 0. The molecule has 21 heavy (non-hydrogen) atoms. The van der Waals surface area contributed by atoms with E-state index in [1.54, 1.807) is 31.4 Å². The third-order valence-electron chi connectivity index (χ3n) is 4.00. The number of rotatable bonds is 5. The lowest BCUT2D eigenvalue weighted by molar-refractivity contribution is -0.137. The van der Waals surface area contributed by atoms with Crippen LogP contribution < -0.4 is 9.64 Å². The SMILES string of the molecule is CCCC1(C(C)=O)CC(=O)N(c2ccc(OC)cc2)C1=O. The van der Waals surface area contributed by atoms with Crippen molar-refractivity contribution in [3.05, 3.63) is 24.3 Å². The number of hydrogen-bond acceptors (Lipinski definition) is 4. The molecular formula is C16H19NO4. The monoisotopic (exact) mass is 289 g/mol. The number of carbonyl (C=O) groups is 3. The molecule has 2 amide bonds. The summed E-state index contributed by atoms with van der Waals surface area (Å²) in [7, 11) is 1.54. The molecule has 5 heteroatoms. The molecule has 1 fully saturated rings. The minimum Gasteiger partial charge on any atom is -0.497 e. The summed E-state index contributed by atoms with van der Waals surface area (Å²) < 4.78 is 5.06. The number of anilines is 1. The van der Waals surface area contributed by atoms with E-state index in [1.807, 2.05) is 6.92 Å². The van der Waals surface area contributed by atoms with Gasteiger partial charge in [-0.25, -0.2) is 4.90 Å². The highest BCUT2D eigenvalue weighted by atomic mass is 16.5. The van der Waals surface area contributed by atoms with Crippen molar-refractivity contribution in [3.63, 3.8) is 0 Å². The van der Waals surface area contributed by atoms with E-state index in [9.17, 15) is 14.4 Å². The van der Waals surface area contributed by atoms with Gasteiger partial charge in [0.15, 0.2) is 0 Å². The molecule has 1 unspecified atom stereocenters. The Morgan fingerprint density at radius 3 is 2.38 bits per heavy atom. The Kier molecular flexibility index (Phi) is 4.11. The molecule has 5 nitrogen and oxygen atoms in total. The van der Waals surface area contributed by atoms with Crippen molar-refractivity contribution in [2.75, 3.05) is 12.0 Å². The maximum absolute atomic E-state index is 12.7. The molecule has 1 saturated heterocycles. The van der Waals surface area contributed by atoms with Gasteiger partial charge in [0.05, 0.1) is 12.8 Å². The highest BCUT2D eigenvalue weighted by Crippen LogP contribution is 2.40. The summed E-state index contributed by atoms with van der Waals surface area (Å²) in [6.45, 7) is 3.29. The Balaban J connectivity index is 2.39. The molecule has 1 aliphatic rings. The third-order valence-corrected chi connectivity index (χ3v) is 4.00. The molecule has 0 spiro atoms. The summed E-state index contributed by atoms with van der Waals surface area (Å²) in [5.74, 6) is -0.330. The van der Waals surface area contributed by atoms with Gasteiger partial charge in [0, 0.05) is 6.42 Å². The fourth-order valence-electron chi connectivity index (χ4n) is 2.81. The van der Waals surface area contributed by atoms with Gasteiger partial charge < -0.3 is 4.74 Å². The number of carbonyl (C=O) groups excluding carboxylic acids is 3. The second-order valence-corrected chi connectivity index (χ2v) is 5.30. The summed E-state index contributed by atoms with van der Waals surface area (Å²) >= 11 is 0. The van der Waals surface area contributed by atoms with Gasteiger partial charge in [-0.05, 0) is 37.6 Å². The fraction of sp³-hybridized carbons (Fsp3) is 0.438. The van der Waals surface area contributed by atoms with Crippen LogP contribution >= 0.6 is 0 Å². The Labute approximate surface area is 123 Å².